The van der Waals surface area contributed by atoms with Crippen molar-refractivity contribution < 1.29 is 27.9 Å². The first kappa shape index (κ1) is 17.5. The van der Waals surface area contributed by atoms with Gasteiger partial charge in [0.15, 0.2) is 0 Å². The molecule has 0 aromatic rings. The minimum absolute atomic E-state index is 0.0257. The molecule has 1 fully saturated rings. The maximum absolute atomic E-state index is 12.9. The number of carboxylic acid groups (broad SMARTS) is 1. The van der Waals surface area contributed by atoms with Gasteiger partial charge in [-0.1, -0.05) is 6.92 Å². The number of likely N-dealkylation sites (tertiary alicyclic amines) is 1. The van der Waals surface area contributed by atoms with E-state index >= 15 is 0 Å². The fraction of sp³-hybridized carbons (Fsp3) is 0.833. The van der Waals surface area contributed by atoms with E-state index in [9.17, 15) is 22.8 Å². The second kappa shape index (κ2) is 5.70. The SMILES string of the molecule is CC1CN(C(=O)NC(C)(C(=O)O)C(F)(F)F)CC1N(C)C. The van der Waals surface area contributed by atoms with Crippen molar-refractivity contribution in [2.24, 2.45) is 5.92 Å². The van der Waals surface area contributed by atoms with E-state index in [0.717, 1.165) is 0 Å². The second-order valence-electron chi connectivity index (χ2n) is 5.77. The molecule has 21 heavy (non-hydrogen) atoms. The fourth-order valence-electron chi connectivity index (χ4n) is 2.33. The molecule has 0 aliphatic carbocycles. The maximum atomic E-state index is 12.9. The van der Waals surface area contributed by atoms with E-state index in [4.69, 9.17) is 5.11 Å². The van der Waals surface area contributed by atoms with Gasteiger partial charge in [0, 0.05) is 19.1 Å². The highest BCUT2D eigenvalue weighted by Crippen LogP contribution is 2.31. The van der Waals surface area contributed by atoms with Crippen LogP contribution in [0.2, 0.25) is 0 Å². The Kier molecular flexibility index (Phi) is 4.76. The number of carbonyl (C=O) groups is 2. The van der Waals surface area contributed by atoms with Crippen molar-refractivity contribution >= 4 is 12.0 Å². The summed E-state index contributed by atoms with van der Waals surface area (Å²) in [5.74, 6) is -2.05. The summed E-state index contributed by atoms with van der Waals surface area (Å²) in [7, 11) is 3.64. The van der Waals surface area contributed by atoms with Crippen LogP contribution in [0, 0.1) is 5.92 Å². The van der Waals surface area contributed by atoms with Gasteiger partial charge in [-0.2, -0.15) is 13.2 Å². The van der Waals surface area contributed by atoms with Crippen LogP contribution in [0.4, 0.5) is 18.0 Å². The van der Waals surface area contributed by atoms with Gasteiger partial charge in [-0.05, 0) is 26.9 Å². The predicted molar refractivity (Wildman–Crippen MR) is 68.8 cm³/mol. The molecule has 2 N–H and O–H groups in total. The molecule has 0 bridgehead atoms. The Morgan fingerprint density at radius 1 is 1.29 bits per heavy atom. The molecule has 1 rings (SSSR count). The number of nitrogens with zero attached hydrogens (tertiary/aromatic N) is 2. The largest absolute Gasteiger partial charge is 0.479 e. The zero-order chi connectivity index (χ0) is 16.6. The number of halogens is 3. The fourth-order valence-corrected chi connectivity index (χ4v) is 2.33. The Labute approximate surface area is 120 Å². The van der Waals surface area contributed by atoms with E-state index in [1.165, 1.54) is 4.90 Å². The van der Waals surface area contributed by atoms with Crippen molar-refractivity contribution in [3.05, 3.63) is 0 Å². The summed E-state index contributed by atoms with van der Waals surface area (Å²) in [6.45, 7) is 2.87. The van der Waals surface area contributed by atoms with Crippen LogP contribution < -0.4 is 5.32 Å². The van der Waals surface area contributed by atoms with E-state index < -0.39 is 23.7 Å². The number of hydrogen-bond acceptors (Lipinski definition) is 3. The van der Waals surface area contributed by atoms with Gasteiger partial charge in [0.05, 0.1) is 0 Å². The van der Waals surface area contributed by atoms with Crippen LogP contribution in [-0.2, 0) is 4.79 Å². The number of alkyl halides is 3. The van der Waals surface area contributed by atoms with Gasteiger partial charge >= 0.3 is 18.2 Å². The molecule has 3 atom stereocenters. The number of carbonyl (C=O) groups excluding carboxylic acids is 1. The Hall–Kier alpha value is -1.51. The molecule has 1 aliphatic rings. The van der Waals surface area contributed by atoms with Gasteiger partial charge in [-0.15, -0.1) is 0 Å². The van der Waals surface area contributed by atoms with E-state index in [1.54, 1.807) is 5.32 Å². The van der Waals surface area contributed by atoms with Crippen LogP contribution in [0.5, 0.6) is 0 Å². The third-order valence-electron chi connectivity index (χ3n) is 3.87. The van der Waals surface area contributed by atoms with Crippen molar-refractivity contribution in [1.29, 1.82) is 0 Å². The molecule has 2 amide bonds. The number of nitrogens with one attached hydrogen (secondary N) is 1. The molecule has 122 valence electrons. The van der Waals surface area contributed by atoms with Crippen LogP contribution in [-0.4, -0.2) is 71.8 Å². The van der Waals surface area contributed by atoms with Crippen molar-refractivity contribution in [2.45, 2.75) is 31.6 Å². The van der Waals surface area contributed by atoms with Crippen LogP contribution in [0.3, 0.4) is 0 Å². The monoisotopic (exact) mass is 311 g/mol. The summed E-state index contributed by atoms with van der Waals surface area (Å²) in [6, 6.07) is -0.994. The lowest BCUT2D eigenvalue weighted by atomic mass is 10.0. The number of rotatable bonds is 3. The van der Waals surface area contributed by atoms with Crippen LogP contribution in [0.1, 0.15) is 13.8 Å². The molecule has 0 saturated carbocycles. The Morgan fingerprint density at radius 2 is 1.81 bits per heavy atom. The number of amides is 2. The molecule has 1 saturated heterocycles. The highest BCUT2D eigenvalue weighted by atomic mass is 19.4. The molecule has 0 aromatic carbocycles. The first-order chi connectivity index (χ1) is 9.40. The molecule has 0 spiro atoms. The first-order valence-electron chi connectivity index (χ1n) is 6.43. The number of carboxylic acids is 1. The van der Waals surface area contributed by atoms with Crippen molar-refractivity contribution in [2.75, 3.05) is 27.2 Å². The van der Waals surface area contributed by atoms with Gasteiger partial charge in [-0.25, -0.2) is 9.59 Å². The standard InChI is InChI=1S/C12H20F3N3O3/c1-7-5-18(6-8(7)17(3)4)10(21)16-11(2,9(19)20)12(13,14)15/h7-8H,5-6H2,1-4H3,(H,16,21)(H,19,20). The topological polar surface area (TPSA) is 72.9 Å². The lowest BCUT2D eigenvalue weighted by Crippen LogP contribution is -2.64. The normalized spacial score (nSPS) is 25.8. The summed E-state index contributed by atoms with van der Waals surface area (Å²) in [4.78, 5) is 26.0. The third-order valence-corrected chi connectivity index (χ3v) is 3.87. The van der Waals surface area contributed by atoms with Gasteiger partial charge in [0.1, 0.15) is 0 Å². The molecule has 3 unspecified atom stereocenters. The molecule has 0 aromatic heterocycles. The average Bonchev–Trinajstić information content (AvgIpc) is 2.69. The van der Waals surface area contributed by atoms with Crippen molar-refractivity contribution in [1.82, 2.24) is 15.1 Å². The van der Waals surface area contributed by atoms with E-state index in [1.807, 2.05) is 25.9 Å². The van der Waals surface area contributed by atoms with Gasteiger partial charge < -0.3 is 20.2 Å². The number of likely N-dealkylation sites (N-methyl/N-ethyl adjacent to an activating group) is 1. The Bertz CT molecular complexity index is 428. The quantitative estimate of drug-likeness (QED) is 0.815. The first-order valence-corrected chi connectivity index (χ1v) is 6.43. The summed E-state index contributed by atoms with van der Waals surface area (Å²) in [5, 5.41) is 10.4. The van der Waals surface area contributed by atoms with Crippen molar-refractivity contribution in [3.63, 3.8) is 0 Å². The molecule has 0 radical (unpaired) electrons. The third kappa shape index (κ3) is 3.39. The molecular formula is C12H20F3N3O3. The second-order valence-corrected chi connectivity index (χ2v) is 5.77. The van der Waals surface area contributed by atoms with Gasteiger partial charge in [0.2, 0.25) is 5.54 Å². The molecule has 9 heteroatoms. The average molecular weight is 311 g/mol. The smallest absolute Gasteiger partial charge is 0.422 e. The molecule has 1 heterocycles. The predicted octanol–water partition coefficient (Wildman–Crippen LogP) is 0.984. The highest BCUT2D eigenvalue weighted by molar-refractivity contribution is 5.87. The lowest BCUT2D eigenvalue weighted by molar-refractivity contribution is -0.203. The van der Waals surface area contributed by atoms with Gasteiger partial charge in [-0.3, -0.25) is 0 Å². The highest BCUT2D eigenvalue weighted by Gasteiger charge is 2.59. The van der Waals surface area contributed by atoms with Crippen LogP contribution in [0.15, 0.2) is 0 Å². The maximum Gasteiger partial charge on any atom is 0.422 e. The van der Waals surface area contributed by atoms with Crippen LogP contribution in [0.25, 0.3) is 0 Å². The minimum atomic E-state index is -5.08. The van der Waals surface area contributed by atoms with E-state index in [2.05, 4.69) is 0 Å². The van der Waals surface area contributed by atoms with E-state index in [-0.39, 0.29) is 25.0 Å². The van der Waals surface area contributed by atoms with E-state index in [0.29, 0.717) is 6.92 Å². The van der Waals surface area contributed by atoms with Gasteiger partial charge in [0.25, 0.3) is 0 Å². The Balaban J connectivity index is 2.84. The summed E-state index contributed by atoms with van der Waals surface area (Å²) >= 11 is 0. The summed E-state index contributed by atoms with van der Waals surface area (Å²) in [5.41, 5.74) is -3.30. The number of urea groups is 1. The number of hydrogen-bond donors (Lipinski definition) is 2. The number of aliphatic carboxylic acids is 1. The minimum Gasteiger partial charge on any atom is -0.479 e. The Morgan fingerprint density at radius 3 is 2.14 bits per heavy atom. The van der Waals surface area contributed by atoms with Crippen LogP contribution >= 0.6 is 0 Å². The molecule has 1 aliphatic heterocycles. The zero-order valence-electron chi connectivity index (χ0n) is 12.4. The van der Waals surface area contributed by atoms with Crippen molar-refractivity contribution in [3.8, 4) is 0 Å². The summed E-state index contributed by atoms with van der Waals surface area (Å²) < 4.78 is 38.6. The molecular weight excluding hydrogens is 291 g/mol. The summed E-state index contributed by atoms with van der Waals surface area (Å²) in [6.07, 6.45) is -5.08. The lowest BCUT2D eigenvalue weighted by Gasteiger charge is -2.30. The molecule has 6 nitrogen and oxygen atoms in total. The zero-order valence-corrected chi connectivity index (χ0v) is 12.4.